The lowest BCUT2D eigenvalue weighted by molar-refractivity contribution is -0.141. The normalized spacial score (nSPS) is 29.3. The van der Waals surface area contributed by atoms with E-state index < -0.39 is 21.9 Å². The molecule has 0 spiro atoms. The van der Waals surface area contributed by atoms with Gasteiger partial charge in [0.2, 0.25) is 10.0 Å². The summed E-state index contributed by atoms with van der Waals surface area (Å²) in [6, 6.07) is 2.20. The van der Waals surface area contributed by atoms with Gasteiger partial charge in [-0.25, -0.2) is 13.4 Å². The first kappa shape index (κ1) is 21.0. The van der Waals surface area contributed by atoms with Crippen LogP contribution in [0.25, 0.3) is 0 Å². The van der Waals surface area contributed by atoms with E-state index in [1.165, 1.54) is 11.2 Å². The molecule has 29 heavy (non-hydrogen) atoms. The average molecular weight is 433 g/mol. The number of aryl methyl sites for hydroxylation is 1. The zero-order chi connectivity index (χ0) is 20.8. The molecule has 0 amide bonds. The first-order valence-electron chi connectivity index (χ1n) is 10.1. The van der Waals surface area contributed by atoms with Gasteiger partial charge >= 0.3 is 6.18 Å². The first-order chi connectivity index (χ1) is 13.7. The highest BCUT2D eigenvalue weighted by Gasteiger charge is 2.48. The Morgan fingerprint density at radius 2 is 1.69 bits per heavy atom. The van der Waals surface area contributed by atoms with Crippen LogP contribution in [-0.2, 0) is 20.9 Å². The summed E-state index contributed by atoms with van der Waals surface area (Å²) < 4.78 is 72.2. The number of halogens is 3. The molecule has 6 nitrogen and oxygen atoms in total. The highest BCUT2D eigenvalue weighted by molar-refractivity contribution is 7.89. The van der Waals surface area contributed by atoms with Crippen LogP contribution in [0.4, 0.5) is 13.2 Å². The van der Waals surface area contributed by atoms with Crippen molar-refractivity contribution in [3.63, 3.8) is 0 Å². The topological polar surface area (TPSA) is 71.5 Å². The third-order valence-electron chi connectivity index (χ3n) is 6.24. The molecule has 1 aromatic heterocycles. The number of ether oxygens (including phenoxy) is 1. The van der Waals surface area contributed by atoms with E-state index in [1.54, 1.807) is 0 Å². The molecule has 1 N–H and O–H groups in total. The van der Waals surface area contributed by atoms with Crippen LogP contribution in [0.2, 0.25) is 0 Å². The fraction of sp³-hybridized carbons (Fsp3) is 0.737. The Bertz CT molecular complexity index is 842. The van der Waals surface area contributed by atoms with Crippen molar-refractivity contribution >= 4 is 10.0 Å². The Balaban J connectivity index is 1.51. The number of nitrogens with zero attached hydrogens (tertiary/aromatic N) is 2. The molecule has 2 bridgehead atoms. The van der Waals surface area contributed by atoms with Crippen LogP contribution in [0.5, 0.6) is 0 Å². The number of hydrogen-bond acceptors (Lipinski definition) is 5. The molecule has 0 radical (unpaired) electrons. The number of alkyl halides is 3. The number of sulfonamides is 1. The standard InChI is InChI=1S/C19H26F3N3O3S/c1-12-17(4-5-18(23-12)19(20,21)22)29(26,27)25-15-2-3-16(25)11-14(10-15)24-13-6-8-28-9-7-13/h4-5,13-16,24H,2-3,6-11H2,1H3/t14-,15+,16-. The third kappa shape index (κ3) is 4.17. The minimum absolute atomic E-state index is 0.110. The fourth-order valence-corrected chi connectivity index (χ4v) is 7.01. The first-order valence-corrected chi connectivity index (χ1v) is 11.5. The summed E-state index contributed by atoms with van der Waals surface area (Å²) in [5.41, 5.74) is -1.18. The van der Waals surface area contributed by atoms with Gasteiger partial charge in [-0.2, -0.15) is 17.5 Å². The summed E-state index contributed by atoms with van der Waals surface area (Å²) in [6.07, 6.45) is 0.334. The van der Waals surface area contributed by atoms with Crippen molar-refractivity contribution in [2.45, 2.75) is 80.7 Å². The predicted octanol–water partition coefficient (Wildman–Crippen LogP) is 2.86. The molecule has 4 heterocycles. The molecule has 1 aromatic rings. The quantitative estimate of drug-likeness (QED) is 0.791. The van der Waals surface area contributed by atoms with E-state index in [1.807, 2.05) is 0 Å². The second-order valence-corrected chi connectivity index (χ2v) is 10.0. The van der Waals surface area contributed by atoms with Crippen LogP contribution in [0, 0.1) is 6.92 Å². The van der Waals surface area contributed by atoms with Crippen molar-refractivity contribution in [3.8, 4) is 0 Å². The van der Waals surface area contributed by atoms with Gasteiger partial charge < -0.3 is 10.1 Å². The summed E-state index contributed by atoms with van der Waals surface area (Å²) >= 11 is 0. The van der Waals surface area contributed by atoms with Crippen molar-refractivity contribution in [1.82, 2.24) is 14.6 Å². The van der Waals surface area contributed by atoms with E-state index in [-0.39, 0.29) is 28.7 Å². The van der Waals surface area contributed by atoms with Gasteiger partial charge in [0.1, 0.15) is 10.6 Å². The monoisotopic (exact) mass is 433 g/mol. The Hall–Kier alpha value is -1.23. The maximum atomic E-state index is 13.3. The highest BCUT2D eigenvalue weighted by atomic mass is 32.2. The Morgan fingerprint density at radius 3 is 2.24 bits per heavy atom. The summed E-state index contributed by atoms with van der Waals surface area (Å²) in [6.45, 7) is 2.82. The van der Waals surface area contributed by atoms with Gasteiger partial charge in [0.05, 0.1) is 5.69 Å². The SMILES string of the molecule is Cc1nc(C(F)(F)F)ccc1S(=O)(=O)N1[C@@H]2CC[C@H]1C[C@@H](NC1CCOCC1)C2. The smallest absolute Gasteiger partial charge is 0.381 e. The molecule has 3 aliphatic heterocycles. The van der Waals surface area contributed by atoms with Gasteiger partial charge in [0.25, 0.3) is 0 Å². The van der Waals surface area contributed by atoms with Crippen LogP contribution >= 0.6 is 0 Å². The summed E-state index contributed by atoms with van der Waals surface area (Å²) in [7, 11) is -3.89. The zero-order valence-corrected chi connectivity index (χ0v) is 17.1. The zero-order valence-electron chi connectivity index (χ0n) is 16.3. The molecule has 0 aliphatic carbocycles. The number of rotatable bonds is 4. The highest BCUT2D eigenvalue weighted by Crippen LogP contribution is 2.41. The van der Waals surface area contributed by atoms with E-state index in [0.717, 1.165) is 63.9 Å². The molecule has 10 heteroatoms. The molecule has 4 rings (SSSR count). The van der Waals surface area contributed by atoms with Gasteiger partial charge in [0, 0.05) is 37.4 Å². The molecule has 0 unspecified atom stereocenters. The Kier molecular flexibility index (Phi) is 5.65. The minimum atomic E-state index is -4.60. The van der Waals surface area contributed by atoms with Crippen molar-refractivity contribution in [1.29, 1.82) is 0 Å². The average Bonchev–Trinajstić information content (AvgIpc) is 2.94. The fourth-order valence-electron chi connectivity index (χ4n) is 4.95. The Morgan fingerprint density at radius 1 is 1.07 bits per heavy atom. The van der Waals surface area contributed by atoms with Crippen molar-refractivity contribution in [3.05, 3.63) is 23.5 Å². The second kappa shape index (κ2) is 7.79. The minimum Gasteiger partial charge on any atom is -0.381 e. The number of aromatic nitrogens is 1. The number of piperidine rings is 1. The lowest BCUT2D eigenvalue weighted by Crippen LogP contribution is -2.53. The number of pyridine rings is 1. The van der Waals surface area contributed by atoms with E-state index in [0.29, 0.717) is 6.04 Å². The molecule has 3 saturated heterocycles. The summed E-state index contributed by atoms with van der Waals surface area (Å²) in [4.78, 5) is 3.39. The second-order valence-electron chi connectivity index (χ2n) is 8.22. The van der Waals surface area contributed by atoms with Crippen molar-refractivity contribution in [2.24, 2.45) is 0 Å². The lowest BCUT2D eigenvalue weighted by atomic mass is 9.97. The van der Waals surface area contributed by atoms with Crippen molar-refractivity contribution in [2.75, 3.05) is 13.2 Å². The van der Waals surface area contributed by atoms with E-state index >= 15 is 0 Å². The molecule has 3 fully saturated rings. The maximum Gasteiger partial charge on any atom is 0.433 e. The van der Waals surface area contributed by atoms with E-state index in [9.17, 15) is 21.6 Å². The van der Waals surface area contributed by atoms with Gasteiger partial charge in [-0.1, -0.05) is 0 Å². The van der Waals surface area contributed by atoms with E-state index in [2.05, 4.69) is 10.3 Å². The van der Waals surface area contributed by atoms with E-state index in [4.69, 9.17) is 4.74 Å². The number of hydrogen-bond donors (Lipinski definition) is 1. The molecular weight excluding hydrogens is 407 g/mol. The molecule has 3 aliphatic rings. The van der Waals surface area contributed by atoms with Gasteiger partial charge in [-0.15, -0.1) is 0 Å². The molecular formula is C19H26F3N3O3S. The number of fused-ring (bicyclic) bond motifs is 2. The third-order valence-corrected chi connectivity index (χ3v) is 8.38. The van der Waals surface area contributed by atoms with Crippen LogP contribution in [0.3, 0.4) is 0 Å². The maximum absolute atomic E-state index is 13.3. The molecule has 0 aromatic carbocycles. The lowest BCUT2D eigenvalue weighted by Gasteiger charge is -2.40. The number of nitrogens with one attached hydrogen (secondary N) is 1. The van der Waals surface area contributed by atoms with Crippen LogP contribution in [-0.4, -0.2) is 55.1 Å². The largest absolute Gasteiger partial charge is 0.433 e. The van der Waals surface area contributed by atoms with Crippen molar-refractivity contribution < 1.29 is 26.3 Å². The Labute approximate surface area is 168 Å². The predicted molar refractivity (Wildman–Crippen MR) is 99.8 cm³/mol. The summed E-state index contributed by atoms with van der Waals surface area (Å²) in [5, 5.41) is 3.67. The van der Waals surface area contributed by atoms with Crippen LogP contribution in [0.15, 0.2) is 17.0 Å². The molecule has 3 atom stereocenters. The van der Waals surface area contributed by atoms with Gasteiger partial charge in [0.15, 0.2) is 0 Å². The van der Waals surface area contributed by atoms with Crippen LogP contribution < -0.4 is 5.32 Å². The molecule has 0 saturated carbocycles. The van der Waals surface area contributed by atoms with Crippen LogP contribution in [0.1, 0.15) is 49.9 Å². The summed E-state index contributed by atoms with van der Waals surface area (Å²) in [5.74, 6) is 0. The van der Waals surface area contributed by atoms with Gasteiger partial charge in [-0.3, -0.25) is 0 Å². The van der Waals surface area contributed by atoms with Gasteiger partial charge in [-0.05, 0) is 57.6 Å². The molecule has 162 valence electrons.